The molecule has 1 aliphatic rings. The molecule has 0 saturated heterocycles. The summed E-state index contributed by atoms with van der Waals surface area (Å²) in [5.41, 5.74) is 0.151. The lowest BCUT2D eigenvalue weighted by Crippen LogP contribution is -2.22. The summed E-state index contributed by atoms with van der Waals surface area (Å²) in [6.45, 7) is 0.496. The van der Waals surface area contributed by atoms with Crippen molar-refractivity contribution in [3.05, 3.63) is 34.7 Å². The van der Waals surface area contributed by atoms with Crippen molar-refractivity contribution in [1.82, 2.24) is 0 Å². The van der Waals surface area contributed by atoms with Gasteiger partial charge in [-0.25, -0.2) is 4.79 Å². The van der Waals surface area contributed by atoms with Crippen molar-refractivity contribution in [2.75, 3.05) is 6.61 Å². The van der Waals surface area contributed by atoms with Crippen LogP contribution < -0.4 is 15.1 Å². The first-order valence-corrected chi connectivity index (χ1v) is 5.98. The lowest BCUT2D eigenvalue weighted by atomic mass is 10.2. The minimum Gasteiger partial charge on any atom is -0.485 e. The monoisotopic (exact) mass is 330 g/mol. The number of halogens is 1. The fourth-order valence-corrected chi connectivity index (χ4v) is 2.06. The van der Waals surface area contributed by atoms with Gasteiger partial charge in [-0.05, 0) is 34.7 Å². The summed E-state index contributed by atoms with van der Waals surface area (Å²) < 4.78 is 16.2. The second-order valence-corrected chi connectivity index (χ2v) is 4.82. The SMILES string of the molecule is O=c1ccc2cc3c(cc2o1)OC[C@H](I)O3. The first kappa shape index (κ1) is 9.95. The molecule has 0 saturated carbocycles. The van der Waals surface area contributed by atoms with Gasteiger partial charge in [-0.3, -0.25) is 0 Å². The Morgan fingerprint density at radius 2 is 2.12 bits per heavy atom. The zero-order valence-corrected chi connectivity index (χ0v) is 10.3. The van der Waals surface area contributed by atoms with Gasteiger partial charge in [0.15, 0.2) is 15.6 Å². The molecule has 1 aliphatic heterocycles. The summed E-state index contributed by atoms with van der Waals surface area (Å²) in [6, 6.07) is 6.61. The van der Waals surface area contributed by atoms with Crippen LogP contribution in [-0.4, -0.2) is 10.7 Å². The van der Waals surface area contributed by atoms with Crippen molar-refractivity contribution < 1.29 is 13.9 Å². The molecule has 1 aromatic heterocycles. The van der Waals surface area contributed by atoms with E-state index in [1.807, 2.05) is 6.07 Å². The maximum atomic E-state index is 11.1. The highest BCUT2D eigenvalue weighted by Crippen LogP contribution is 2.36. The Hall–Kier alpha value is -1.24. The Kier molecular flexibility index (Phi) is 2.27. The summed E-state index contributed by atoms with van der Waals surface area (Å²) >= 11 is 2.16. The van der Waals surface area contributed by atoms with E-state index < -0.39 is 0 Å². The number of ether oxygens (including phenoxy) is 2. The normalized spacial score (nSPS) is 18.7. The van der Waals surface area contributed by atoms with Gasteiger partial charge >= 0.3 is 5.63 Å². The van der Waals surface area contributed by atoms with Crippen molar-refractivity contribution in [2.45, 2.75) is 4.11 Å². The molecule has 5 heteroatoms. The van der Waals surface area contributed by atoms with Crippen LogP contribution in [0.1, 0.15) is 0 Å². The molecule has 0 aliphatic carbocycles. The Bertz CT molecular complexity index is 604. The van der Waals surface area contributed by atoms with E-state index >= 15 is 0 Å². The van der Waals surface area contributed by atoms with Crippen LogP contribution in [0.3, 0.4) is 0 Å². The summed E-state index contributed by atoms with van der Waals surface area (Å²) in [5, 5.41) is 0.826. The molecule has 0 fully saturated rings. The highest BCUT2D eigenvalue weighted by molar-refractivity contribution is 14.1. The van der Waals surface area contributed by atoms with Gasteiger partial charge in [-0.1, -0.05) is 0 Å². The highest BCUT2D eigenvalue weighted by atomic mass is 127. The highest BCUT2D eigenvalue weighted by Gasteiger charge is 2.19. The van der Waals surface area contributed by atoms with Crippen LogP contribution in [0.5, 0.6) is 11.5 Å². The molecule has 16 heavy (non-hydrogen) atoms. The van der Waals surface area contributed by atoms with Gasteiger partial charge in [-0.2, -0.15) is 0 Å². The maximum Gasteiger partial charge on any atom is 0.336 e. The van der Waals surface area contributed by atoms with E-state index in [0.29, 0.717) is 23.7 Å². The number of hydrogen-bond donors (Lipinski definition) is 0. The molecule has 0 N–H and O–H groups in total. The quantitative estimate of drug-likeness (QED) is 0.423. The van der Waals surface area contributed by atoms with Gasteiger partial charge in [0.25, 0.3) is 0 Å². The van der Waals surface area contributed by atoms with Crippen molar-refractivity contribution in [2.24, 2.45) is 0 Å². The zero-order chi connectivity index (χ0) is 11.1. The van der Waals surface area contributed by atoms with Gasteiger partial charge < -0.3 is 13.9 Å². The maximum absolute atomic E-state index is 11.1. The largest absolute Gasteiger partial charge is 0.485 e. The molecule has 0 bridgehead atoms. The number of rotatable bonds is 0. The standard InChI is InChI=1S/C11H7IO4/c12-10-5-14-8-4-7-6(3-9(8)15-10)1-2-11(13)16-7/h1-4,10H,5H2/t10-/m1/s1. The fraction of sp³-hybridized carbons (Fsp3) is 0.182. The molecule has 2 aromatic rings. The molecule has 2 heterocycles. The third-order valence-corrected chi connectivity index (χ3v) is 2.92. The van der Waals surface area contributed by atoms with Crippen molar-refractivity contribution in [3.63, 3.8) is 0 Å². The zero-order valence-electron chi connectivity index (χ0n) is 8.10. The van der Waals surface area contributed by atoms with Crippen LogP contribution in [-0.2, 0) is 0 Å². The molecule has 0 spiro atoms. The molecule has 3 rings (SSSR count). The molecule has 1 atom stereocenters. The van der Waals surface area contributed by atoms with E-state index in [9.17, 15) is 4.79 Å². The van der Waals surface area contributed by atoms with Crippen LogP contribution in [0, 0.1) is 0 Å². The summed E-state index contributed by atoms with van der Waals surface area (Å²) in [4.78, 5) is 11.1. The summed E-state index contributed by atoms with van der Waals surface area (Å²) in [7, 11) is 0. The Morgan fingerprint density at radius 3 is 3.00 bits per heavy atom. The molecule has 0 radical (unpaired) electrons. The predicted molar refractivity (Wildman–Crippen MR) is 66.4 cm³/mol. The first-order valence-electron chi connectivity index (χ1n) is 4.74. The lowest BCUT2D eigenvalue weighted by Gasteiger charge is -2.22. The second-order valence-electron chi connectivity index (χ2n) is 3.43. The van der Waals surface area contributed by atoms with Gasteiger partial charge in [-0.15, -0.1) is 0 Å². The summed E-state index contributed by atoms with van der Waals surface area (Å²) in [5.74, 6) is 1.31. The first-order chi connectivity index (χ1) is 7.72. The van der Waals surface area contributed by atoms with Gasteiger partial charge in [0, 0.05) is 17.5 Å². The average Bonchev–Trinajstić information content (AvgIpc) is 2.26. The Morgan fingerprint density at radius 1 is 1.25 bits per heavy atom. The van der Waals surface area contributed by atoms with Crippen molar-refractivity contribution in [1.29, 1.82) is 0 Å². The van der Waals surface area contributed by atoms with Gasteiger partial charge in [0.2, 0.25) is 0 Å². The van der Waals surface area contributed by atoms with E-state index in [2.05, 4.69) is 22.6 Å². The molecule has 4 nitrogen and oxygen atoms in total. The smallest absolute Gasteiger partial charge is 0.336 e. The van der Waals surface area contributed by atoms with Gasteiger partial charge in [0.1, 0.15) is 12.2 Å². The third-order valence-electron chi connectivity index (χ3n) is 2.31. The molecule has 0 amide bonds. The van der Waals surface area contributed by atoms with Crippen LogP contribution in [0.4, 0.5) is 0 Å². The van der Waals surface area contributed by atoms with Crippen LogP contribution >= 0.6 is 22.6 Å². The van der Waals surface area contributed by atoms with E-state index in [1.165, 1.54) is 6.07 Å². The minimum absolute atomic E-state index is 0.0123. The van der Waals surface area contributed by atoms with E-state index in [4.69, 9.17) is 13.9 Å². The van der Waals surface area contributed by atoms with E-state index in [0.717, 1.165) is 5.39 Å². The van der Waals surface area contributed by atoms with E-state index in [-0.39, 0.29) is 9.74 Å². The Balaban J connectivity index is 2.23. The molecule has 82 valence electrons. The van der Waals surface area contributed by atoms with Crippen LogP contribution in [0.25, 0.3) is 11.0 Å². The number of benzene rings is 1. The fourth-order valence-electron chi connectivity index (χ4n) is 1.61. The van der Waals surface area contributed by atoms with E-state index in [1.54, 1.807) is 12.1 Å². The number of alkyl halides is 1. The summed E-state index contributed by atoms with van der Waals surface area (Å²) in [6.07, 6.45) is 0. The molecular formula is C11H7IO4. The Labute approximate surface area is 104 Å². The lowest BCUT2D eigenvalue weighted by molar-refractivity contribution is 0.159. The van der Waals surface area contributed by atoms with Crippen molar-refractivity contribution >= 4 is 33.6 Å². The topological polar surface area (TPSA) is 48.7 Å². The molecule has 1 aromatic carbocycles. The van der Waals surface area contributed by atoms with Crippen LogP contribution in [0.15, 0.2) is 33.5 Å². The minimum atomic E-state index is -0.365. The van der Waals surface area contributed by atoms with Gasteiger partial charge in [0.05, 0.1) is 0 Å². The average molecular weight is 330 g/mol. The van der Waals surface area contributed by atoms with Crippen molar-refractivity contribution in [3.8, 4) is 11.5 Å². The third kappa shape index (κ3) is 1.64. The number of fused-ring (bicyclic) bond motifs is 2. The second kappa shape index (κ2) is 3.65. The number of hydrogen-bond acceptors (Lipinski definition) is 4. The van der Waals surface area contributed by atoms with Crippen LogP contribution in [0.2, 0.25) is 0 Å². The predicted octanol–water partition coefficient (Wildman–Crippen LogP) is 2.33. The molecule has 0 unspecified atom stereocenters. The molecular weight excluding hydrogens is 323 g/mol.